The fourth-order valence-electron chi connectivity index (χ4n) is 9.90. The topological polar surface area (TPSA) is 69.9 Å². The smallest absolute Gasteiger partial charge is 0.167 e. The summed E-state index contributed by atoms with van der Waals surface area (Å²) < 4.78 is 15.8. The van der Waals surface area contributed by atoms with Crippen molar-refractivity contribution in [1.82, 2.24) is 19.5 Å². The number of furan rings is 2. The van der Waals surface area contributed by atoms with Gasteiger partial charge in [-0.25, -0.2) is 15.0 Å². The number of hydrogen-bond donors (Lipinski definition) is 0. The quantitative estimate of drug-likeness (QED) is 0.177. The van der Waals surface area contributed by atoms with Gasteiger partial charge >= 0.3 is 0 Å². The molecule has 4 heterocycles. The molecule has 4 aromatic heterocycles. The predicted octanol–water partition coefficient (Wildman–Crippen LogP) is 15.2. The van der Waals surface area contributed by atoms with Crippen molar-refractivity contribution in [3.8, 4) is 39.9 Å². The molecule has 0 aliphatic rings. The highest BCUT2D eigenvalue weighted by atomic mass is 16.3. The van der Waals surface area contributed by atoms with E-state index in [0.29, 0.717) is 17.5 Å². The largest absolute Gasteiger partial charge is 0.456 e. The monoisotopic (exact) mass is 804 g/mol. The number of nitrogens with zero attached hydrogens (tertiary/aromatic N) is 4. The van der Waals surface area contributed by atoms with E-state index in [0.717, 1.165) is 88.1 Å². The summed E-state index contributed by atoms with van der Waals surface area (Å²) in [5.41, 5.74) is 9.09. The van der Waals surface area contributed by atoms with E-state index in [2.05, 4.69) is 138 Å². The van der Waals surface area contributed by atoms with Crippen LogP contribution in [0.25, 0.3) is 138 Å². The van der Waals surface area contributed by atoms with Crippen molar-refractivity contribution >= 4 is 98.0 Å². The highest BCUT2D eigenvalue weighted by molar-refractivity contribution is 6.25. The summed E-state index contributed by atoms with van der Waals surface area (Å²) in [5, 5.41) is 13.6. The van der Waals surface area contributed by atoms with Crippen molar-refractivity contribution in [3.05, 3.63) is 194 Å². The third-order valence-corrected chi connectivity index (χ3v) is 12.8. The maximum atomic E-state index is 7.07. The Labute approximate surface area is 358 Å². The molecule has 0 bridgehead atoms. The van der Waals surface area contributed by atoms with Crippen LogP contribution in [0.4, 0.5) is 0 Å². The molecule has 0 amide bonds. The van der Waals surface area contributed by atoms with E-state index in [4.69, 9.17) is 23.8 Å². The van der Waals surface area contributed by atoms with Crippen LogP contribution in [0.2, 0.25) is 0 Å². The summed E-state index contributed by atoms with van der Waals surface area (Å²) in [6, 6.07) is 68.1. The SMILES string of the molecule is c1ccc(-c2nc(-c3ccc4c(c3)oc3ccccc34)nc(-c3cccc4c3oc3c5ccccc5c(-n5c6cc7ccccc7cc6c6c7ccccc7ccc65)cc43)n2)cc1. The summed E-state index contributed by atoms with van der Waals surface area (Å²) in [7, 11) is 0. The van der Waals surface area contributed by atoms with Gasteiger partial charge in [-0.15, -0.1) is 0 Å². The third-order valence-electron chi connectivity index (χ3n) is 12.8. The fourth-order valence-corrected chi connectivity index (χ4v) is 9.90. The van der Waals surface area contributed by atoms with E-state index in [1.165, 1.54) is 32.3 Å². The molecule has 0 saturated heterocycles. The molecule has 63 heavy (non-hydrogen) atoms. The molecule has 0 radical (unpaired) electrons. The van der Waals surface area contributed by atoms with Crippen LogP contribution in [-0.4, -0.2) is 19.5 Å². The molecule has 0 unspecified atom stereocenters. The minimum Gasteiger partial charge on any atom is -0.456 e. The normalized spacial score (nSPS) is 12.1. The van der Waals surface area contributed by atoms with E-state index >= 15 is 0 Å². The molecule has 0 N–H and O–H groups in total. The Bertz CT molecular complexity index is 4220. The van der Waals surface area contributed by atoms with Crippen LogP contribution in [0.3, 0.4) is 0 Å². The Kier molecular flexibility index (Phi) is 7.02. The van der Waals surface area contributed by atoms with Crippen LogP contribution in [0, 0.1) is 0 Å². The van der Waals surface area contributed by atoms with Gasteiger partial charge in [0.2, 0.25) is 0 Å². The van der Waals surface area contributed by atoms with Crippen LogP contribution >= 0.6 is 0 Å². The van der Waals surface area contributed by atoms with Crippen LogP contribution in [0.15, 0.2) is 203 Å². The Morgan fingerprint density at radius 2 is 0.984 bits per heavy atom. The Morgan fingerprint density at radius 1 is 0.333 bits per heavy atom. The minimum atomic E-state index is 0.527. The van der Waals surface area contributed by atoms with Crippen molar-refractivity contribution in [1.29, 1.82) is 0 Å². The van der Waals surface area contributed by atoms with Crippen molar-refractivity contribution in [2.75, 3.05) is 0 Å². The molecule has 14 rings (SSSR count). The highest BCUT2D eigenvalue weighted by Crippen LogP contribution is 2.45. The van der Waals surface area contributed by atoms with Crippen molar-refractivity contribution in [3.63, 3.8) is 0 Å². The van der Waals surface area contributed by atoms with E-state index in [1.807, 2.05) is 60.7 Å². The first-order chi connectivity index (χ1) is 31.2. The van der Waals surface area contributed by atoms with Crippen LogP contribution in [-0.2, 0) is 0 Å². The maximum absolute atomic E-state index is 7.07. The fraction of sp³-hybridized carbons (Fsp3) is 0. The number of aromatic nitrogens is 4. The van der Waals surface area contributed by atoms with Gasteiger partial charge in [-0.2, -0.15) is 0 Å². The molecule has 6 nitrogen and oxygen atoms in total. The molecular formula is C57H32N4O2. The van der Waals surface area contributed by atoms with E-state index < -0.39 is 0 Å². The lowest BCUT2D eigenvalue weighted by molar-refractivity contribution is 0.669. The first-order valence-corrected chi connectivity index (χ1v) is 21.2. The molecule has 0 saturated carbocycles. The second kappa shape index (κ2) is 12.9. The Morgan fingerprint density at radius 3 is 1.84 bits per heavy atom. The number of para-hydroxylation sites is 2. The highest BCUT2D eigenvalue weighted by Gasteiger charge is 2.23. The van der Waals surface area contributed by atoms with Crippen molar-refractivity contribution in [2.45, 2.75) is 0 Å². The minimum absolute atomic E-state index is 0.527. The lowest BCUT2D eigenvalue weighted by Crippen LogP contribution is -2.00. The zero-order valence-corrected chi connectivity index (χ0v) is 33.6. The summed E-state index contributed by atoms with van der Waals surface area (Å²) >= 11 is 0. The van der Waals surface area contributed by atoms with Gasteiger partial charge in [-0.05, 0) is 70.1 Å². The lowest BCUT2D eigenvalue weighted by atomic mass is 10.0. The molecule has 6 heteroatoms. The Hall–Kier alpha value is -8.61. The molecular weight excluding hydrogens is 773 g/mol. The van der Waals surface area contributed by atoms with Gasteiger partial charge in [0.1, 0.15) is 22.3 Å². The first-order valence-electron chi connectivity index (χ1n) is 21.2. The van der Waals surface area contributed by atoms with E-state index in [9.17, 15) is 0 Å². The first kappa shape index (κ1) is 34.1. The molecule has 14 aromatic rings. The number of hydrogen-bond acceptors (Lipinski definition) is 5. The van der Waals surface area contributed by atoms with Crippen LogP contribution < -0.4 is 0 Å². The Balaban J connectivity index is 1.03. The molecule has 0 aliphatic heterocycles. The second-order valence-corrected chi connectivity index (χ2v) is 16.3. The number of benzene rings is 10. The lowest BCUT2D eigenvalue weighted by Gasteiger charge is -2.13. The number of rotatable bonds is 4. The van der Waals surface area contributed by atoms with Crippen LogP contribution in [0.1, 0.15) is 0 Å². The van der Waals surface area contributed by atoms with Gasteiger partial charge in [0, 0.05) is 54.2 Å². The molecule has 0 spiro atoms. The van der Waals surface area contributed by atoms with Gasteiger partial charge in [-0.1, -0.05) is 146 Å². The summed E-state index contributed by atoms with van der Waals surface area (Å²) in [5.74, 6) is 1.65. The van der Waals surface area contributed by atoms with Crippen molar-refractivity contribution in [2.24, 2.45) is 0 Å². The van der Waals surface area contributed by atoms with Gasteiger partial charge in [-0.3, -0.25) is 0 Å². The molecule has 0 aliphatic carbocycles. The molecule has 10 aromatic carbocycles. The van der Waals surface area contributed by atoms with Gasteiger partial charge in [0.25, 0.3) is 0 Å². The van der Waals surface area contributed by atoms with Crippen LogP contribution in [0.5, 0.6) is 0 Å². The molecule has 292 valence electrons. The predicted molar refractivity (Wildman–Crippen MR) is 258 cm³/mol. The maximum Gasteiger partial charge on any atom is 0.167 e. The summed E-state index contributed by atoms with van der Waals surface area (Å²) in [4.78, 5) is 15.4. The zero-order chi connectivity index (χ0) is 41.2. The van der Waals surface area contributed by atoms with Crippen molar-refractivity contribution < 1.29 is 8.83 Å². The van der Waals surface area contributed by atoms with Gasteiger partial charge in [0.05, 0.1) is 22.3 Å². The second-order valence-electron chi connectivity index (χ2n) is 16.3. The van der Waals surface area contributed by atoms with Gasteiger partial charge < -0.3 is 13.4 Å². The third kappa shape index (κ3) is 5.03. The summed E-state index contributed by atoms with van der Waals surface area (Å²) in [6.45, 7) is 0. The summed E-state index contributed by atoms with van der Waals surface area (Å²) in [6.07, 6.45) is 0. The van der Waals surface area contributed by atoms with E-state index in [-0.39, 0.29) is 0 Å². The van der Waals surface area contributed by atoms with Gasteiger partial charge in [0.15, 0.2) is 17.5 Å². The zero-order valence-electron chi connectivity index (χ0n) is 33.6. The average molecular weight is 805 g/mol. The van der Waals surface area contributed by atoms with E-state index in [1.54, 1.807) is 0 Å². The average Bonchev–Trinajstić information content (AvgIpc) is 4.02. The number of fused-ring (bicyclic) bond motifs is 14. The standard InChI is InChI=1S/C57H32N4O2/c1-2-14-34(15-3-1)55-58-56(37-25-27-41-40-20-10-11-24-50(40)62-51(41)31-37)60-57(59-55)44-23-12-22-43-45-32-49(39-19-8-9-21-42(39)54(45)63-53(43)44)61-47-28-26-33-13-6-7-18-38(33)52(47)46-29-35-16-4-5-17-36(35)30-48(46)61/h1-32H. The molecule has 0 atom stereocenters. The molecule has 0 fully saturated rings.